The minimum atomic E-state index is -3.81. The van der Waals surface area contributed by atoms with Crippen LogP contribution in [0.1, 0.15) is 0 Å². The summed E-state index contributed by atoms with van der Waals surface area (Å²) in [6.45, 7) is 0. The van der Waals surface area contributed by atoms with E-state index in [4.69, 9.17) is 23.2 Å². The number of rotatable bonds is 2. The molecule has 0 amide bonds. The fraction of sp³-hybridized carbons (Fsp3) is 0. The lowest BCUT2D eigenvalue weighted by molar-refractivity contribution is 0.476. The first-order valence-corrected chi connectivity index (χ1v) is 8.09. The summed E-state index contributed by atoms with van der Waals surface area (Å²) in [7, 11) is -3.81. The van der Waals surface area contributed by atoms with Gasteiger partial charge in [0.05, 0.1) is 10.4 Å². The Morgan fingerprint density at radius 1 is 0.952 bits per heavy atom. The predicted molar refractivity (Wildman–Crippen MR) is 82.6 cm³/mol. The summed E-state index contributed by atoms with van der Waals surface area (Å²) in [4.78, 5) is 0.00516. The third-order valence-corrected chi connectivity index (χ3v) is 5.14. The molecule has 4 nitrogen and oxygen atoms in total. The van der Waals surface area contributed by atoms with Crippen LogP contribution in [-0.2, 0) is 10.0 Å². The van der Waals surface area contributed by atoms with Gasteiger partial charge in [0.25, 0.3) is 10.0 Å². The molecule has 0 saturated heterocycles. The van der Waals surface area contributed by atoms with Gasteiger partial charge in [-0.1, -0.05) is 23.2 Å². The Balaban J connectivity index is 2.25. The van der Waals surface area contributed by atoms with Crippen molar-refractivity contribution in [2.75, 3.05) is 0 Å². The second-order valence-corrected chi connectivity index (χ2v) is 7.15. The van der Waals surface area contributed by atoms with E-state index in [0.29, 0.717) is 10.9 Å². The summed E-state index contributed by atoms with van der Waals surface area (Å²) in [6, 6.07) is 10.2. The molecule has 1 heterocycles. The number of hydrogen-bond donors (Lipinski definition) is 1. The number of hydrogen-bond acceptors (Lipinski definition) is 3. The highest BCUT2D eigenvalue weighted by Gasteiger charge is 2.20. The topological polar surface area (TPSA) is 59.3 Å². The Kier molecular flexibility index (Phi) is 3.36. The minimum Gasteiger partial charge on any atom is -0.508 e. The van der Waals surface area contributed by atoms with Gasteiger partial charge in [0, 0.05) is 21.6 Å². The van der Waals surface area contributed by atoms with E-state index in [-0.39, 0.29) is 20.7 Å². The van der Waals surface area contributed by atoms with Crippen molar-refractivity contribution in [3.63, 3.8) is 0 Å². The van der Waals surface area contributed by atoms with Crippen molar-refractivity contribution in [3.8, 4) is 5.75 Å². The normalized spacial score (nSPS) is 11.9. The summed E-state index contributed by atoms with van der Waals surface area (Å²) in [6.07, 6.45) is 1.42. The standard InChI is InChI=1S/C14H9Cl2NO3S/c15-10-6-11(16)8-13(7-10)21(19,20)17-4-3-9-5-12(18)1-2-14(9)17/h1-8,18H. The molecule has 0 saturated carbocycles. The number of fused-ring (bicyclic) bond motifs is 1. The van der Waals surface area contributed by atoms with Gasteiger partial charge in [0.15, 0.2) is 0 Å². The van der Waals surface area contributed by atoms with Crippen molar-refractivity contribution in [2.45, 2.75) is 4.90 Å². The summed E-state index contributed by atoms with van der Waals surface area (Å²) >= 11 is 11.7. The molecule has 0 aliphatic heterocycles. The molecule has 0 bridgehead atoms. The van der Waals surface area contributed by atoms with Crippen molar-refractivity contribution in [1.29, 1.82) is 0 Å². The number of aromatic nitrogens is 1. The van der Waals surface area contributed by atoms with E-state index >= 15 is 0 Å². The van der Waals surface area contributed by atoms with Gasteiger partial charge in [-0.25, -0.2) is 12.4 Å². The first kappa shape index (κ1) is 14.3. The van der Waals surface area contributed by atoms with Gasteiger partial charge in [-0.3, -0.25) is 0 Å². The molecule has 3 aromatic rings. The highest BCUT2D eigenvalue weighted by molar-refractivity contribution is 7.90. The average Bonchev–Trinajstić information content (AvgIpc) is 2.81. The Labute approximate surface area is 131 Å². The minimum absolute atomic E-state index is 0.00516. The molecule has 2 aromatic carbocycles. The SMILES string of the molecule is O=S(=O)(c1cc(Cl)cc(Cl)c1)n1ccc2cc(O)ccc21. The molecular weight excluding hydrogens is 333 g/mol. The molecule has 0 radical (unpaired) electrons. The van der Waals surface area contributed by atoms with Crippen LogP contribution in [0.15, 0.2) is 53.6 Å². The van der Waals surface area contributed by atoms with E-state index in [1.54, 1.807) is 6.07 Å². The second kappa shape index (κ2) is 4.94. The number of phenols is 1. The first-order valence-electron chi connectivity index (χ1n) is 5.90. The number of halogens is 2. The molecule has 1 aromatic heterocycles. The summed E-state index contributed by atoms with van der Waals surface area (Å²) in [5.41, 5.74) is 0.462. The third-order valence-electron chi connectivity index (χ3n) is 3.03. The molecule has 108 valence electrons. The van der Waals surface area contributed by atoms with Crippen molar-refractivity contribution in [2.24, 2.45) is 0 Å². The molecule has 0 aliphatic carbocycles. The van der Waals surface area contributed by atoms with Crippen LogP contribution in [-0.4, -0.2) is 17.5 Å². The average molecular weight is 342 g/mol. The van der Waals surface area contributed by atoms with E-state index in [2.05, 4.69) is 0 Å². The highest BCUT2D eigenvalue weighted by Crippen LogP contribution is 2.28. The highest BCUT2D eigenvalue weighted by atomic mass is 35.5. The zero-order chi connectivity index (χ0) is 15.2. The maximum atomic E-state index is 12.7. The van der Waals surface area contributed by atoms with E-state index in [1.807, 2.05) is 0 Å². The summed E-state index contributed by atoms with van der Waals surface area (Å²) in [5.74, 6) is 0.0726. The van der Waals surface area contributed by atoms with E-state index in [9.17, 15) is 13.5 Å². The van der Waals surface area contributed by atoms with Crippen molar-refractivity contribution < 1.29 is 13.5 Å². The molecule has 0 atom stereocenters. The van der Waals surface area contributed by atoms with E-state index < -0.39 is 10.0 Å². The Hall–Kier alpha value is -1.69. The van der Waals surface area contributed by atoms with Gasteiger partial charge in [0.2, 0.25) is 0 Å². The van der Waals surface area contributed by atoms with Crippen LogP contribution in [0.3, 0.4) is 0 Å². The van der Waals surface area contributed by atoms with E-state index in [0.717, 1.165) is 3.97 Å². The molecule has 0 spiro atoms. The lowest BCUT2D eigenvalue weighted by Crippen LogP contribution is -2.11. The number of benzene rings is 2. The van der Waals surface area contributed by atoms with Gasteiger partial charge < -0.3 is 5.11 Å². The number of phenolic OH excluding ortho intramolecular Hbond substituents is 1. The van der Waals surface area contributed by atoms with Gasteiger partial charge in [0.1, 0.15) is 5.75 Å². The van der Waals surface area contributed by atoms with Crippen LogP contribution in [0.5, 0.6) is 5.75 Å². The monoisotopic (exact) mass is 341 g/mol. The van der Waals surface area contributed by atoms with Crippen LogP contribution >= 0.6 is 23.2 Å². The van der Waals surface area contributed by atoms with Gasteiger partial charge in [-0.05, 0) is 42.5 Å². The zero-order valence-corrected chi connectivity index (χ0v) is 12.8. The molecule has 0 aliphatic rings. The van der Waals surface area contributed by atoms with Crippen LogP contribution in [0, 0.1) is 0 Å². The second-order valence-electron chi connectivity index (χ2n) is 4.46. The molecule has 21 heavy (non-hydrogen) atoms. The number of aromatic hydroxyl groups is 1. The van der Waals surface area contributed by atoms with Crippen molar-refractivity contribution in [3.05, 3.63) is 58.7 Å². The first-order chi connectivity index (χ1) is 9.88. The Morgan fingerprint density at radius 2 is 1.62 bits per heavy atom. The molecule has 3 rings (SSSR count). The molecule has 1 N–H and O–H groups in total. The largest absolute Gasteiger partial charge is 0.508 e. The predicted octanol–water partition coefficient (Wildman–Crippen LogP) is 3.89. The molecule has 0 unspecified atom stereocenters. The quantitative estimate of drug-likeness (QED) is 0.769. The van der Waals surface area contributed by atoms with Crippen LogP contribution in [0.25, 0.3) is 10.9 Å². The molecular formula is C14H9Cl2NO3S. The van der Waals surface area contributed by atoms with Crippen LogP contribution in [0.4, 0.5) is 0 Å². The lowest BCUT2D eigenvalue weighted by atomic mass is 10.2. The van der Waals surface area contributed by atoms with Crippen LogP contribution < -0.4 is 0 Å². The maximum absolute atomic E-state index is 12.7. The smallest absolute Gasteiger partial charge is 0.268 e. The summed E-state index contributed by atoms with van der Waals surface area (Å²) in [5, 5.41) is 10.5. The third kappa shape index (κ3) is 2.48. The number of nitrogens with zero attached hydrogens (tertiary/aromatic N) is 1. The summed E-state index contributed by atoms with van der Waals surface area (Å²) < 4.78 is 26.5. The Bertz CT molecular complexity index is 928. The van der Waals surface area contributed by atoms with E-state index in [1.165, 1.54) is 42.6 Å². The van der Waals surface area contributed by atoms with Gasteiger partial charge >= 0.3 is 0 Å². The zero-order valence-electron chi connectivity index (χ0n) is 10.5. The lowest BCUT2D eigenvalue weighted by Gasteiger charge is -2.08. The van der Waals surface area contributed by atoms with Crippen molar-refractivity contribution >= 4 is 44.1 Å². The fourth-order valence-electron chi connectivity index (χ4n) is 2.11. The van der Waals surface area contributed by atoms with Gasteiger partial charge in [-0.2, -0.15) is 0 Å². The molecule has 7 heteroatoms. The Morgan fingerprint density at radius 3 is 2.29 bits per heavy atom. The fourth-order valence-corrected chi connectivity index (χ4v) is 4.19. The molecule has 0 fully saturated rings. The van der Waals surface area contributed by atoms with Gasteiger partial charge in [-0.15, -0.1) is 0 Å². The maximum Gasteiger partial charge on any atom is 0.268 e. The van der Waals surface area contributed by atoms with Crippen LogP contribution in [0.2, 0.25) is 10.0 Å². The van der Waals surface area contributed by atoms with Crippen molar-refractivity contribution in [1.82, 2.24) is 3.97 Å².